The van der Waals surface area contributed by atoms with Gasteiger partial charge in [-0.05, 0) is 25.0 Å². The molecule has 1 aromatic rings. The highest BCUT2D eigenvalue weighted by atomic mass is 127. The molecule has 3 nitrogen and oxygen atoms in total. The maximum atomic E-state index is 6.08. The smallest absolute Gasteiger partial charge is 0.191 e. The Morgan fingerprint density at radius 2 is 1.94 bits per heavy atom. The maximum Gasteiger partial charge on any atom is 0.191 e. The summed E-state index contributed by atoms with van der Waals surface area (Å²) in [6.45, 7) is 6.56. The van der Waals surface area contributed by atoms with E-state index in [1.54, 1.807) is 0 Å². The second-order valence-electron chi connectivity index (χ2n) is 3.71. The van der Waals surface area contributed by atoms with Gasteiger partial charge in [0.2, 0.25) is 0 Å². The summed E-state index contributed by atoms with van der Waals surface area (Å²) < 4.78 is 0. The van der Waals surface area contributed by atoms with Gasteiger partial charge in [-0.1, -0.05) is 36.7 Å². The van der Waals surface area contributed by atoms with Gasteiger partial charge in [-0.3, -0.25) is 0 Å². The lowest BCUT2D eigenvalue weighted by Crippen LogP contribution is -2.37. The van der Waals surface area contributed by atoms with Crippen LogP contribution in [0, 0.1) is 0 Å². The third-order valence-corrected chi connectivity index (χ3v) is 2.62. The summed E-state index contributed by atoms with van der Waals surface area (Å²) in [4.78, 5) is 4.49. The van der Waals surface area contributed by atoms with Gasteiger partial charge in [0.15, 0.2) is 5.96 Å². The van der Waals surface area contributed by atoms with Crippen molar-refractivity contribution in [1.82, 2.24) is 10.6 Å². The number of nitrogens with zero attached hydrogens (tertiary/aromatic N) is 1. The predicted molar refractivity (Wildman–Crippen MR) is 90.0 cm³/mol. The molecule has 0 fully saturated rings. The molecule has 0 spiro atoms. The average molecular weight is 382 g/mol. The predicted octanol–water partition coefficient (Wildman–Crippen LogP) is 3.42. The molecule has 0 bridgehead atoms. The molecule has 0 aromatic heterocycles. The Hall–Kier alpha value is -0.490. The van der Waals surface area contributed by atoms with Crippen LogP contribution in [0.25, 0.3) is 0 Å². The van der Waals surface area contributed by atoms with Gasteiger partial charge in [-0.15, -0.1) is 24.0 Å². The molecule has 0 heterocycles. The van der Waals surface area contributed by atoms with Gasteiger partial charge in [0.05, 0.1) is 6.54 Å². The van der Waals surface area contributed by atoms with Crippen molar-refractivity contribution in [1.29, 1.82) is 0 Å². The van der Waals surface area contributed by atoms with Gasteiger partial charge >= 0.3 is 0 Å². The van der Waals surface area contributed by atoms with Crippen LogP contribution >= 0.6 is 35.6 Å². The molecule has 0 amide bonds. The van der Waals surface area contributed by atoms with Crippen LogP contribution in [-0.2, 0) is 6.54 Å². The van der Waals surface area contributed by atoms with Crippen LogP contribution in [0.5, 0.6) is 0 Å². The van der Waals surface area contributed by atoms with Crippen LogP contribution in [0.4, 0.5) is 0 Å². The first-order valence-corrected chi connectivity index (χ1v) is 6.41. The van der Waals surface area contributed by atoms with Gasteiger partial charge in [0.1, 0.15) is 0 Å². The molecule has 2 N–H and O–H groups in total. The Morgan fingerprint density at radius 1 is 1.22 bits per heavy atom. The molecule has 18 heavy (non-hydrogen) atoms. The van der Waals surface area contributed by atoms with E-state index in [0.29, 0.717) is 6.54 Å². The zero-order valence-corrected chi connectivity index (χ0v) is 14.0. The van der Waals surface area contributed by atoms with E-state index < -0.39 is 0 Å². The molecular formula is C13H21ClIN3. The molecular weight excluding hydrogens is 361 g/mol. The fourth-order valence-electron chi connectivity index (χ4n) is 1.38. The summed E-state index contributed by atoms with van der Waals surface area (Å²) in [5.41, 5.74) is 1.04. The lowest BCUT2D eigenvalue weighted by molar-refractivity contribution is 0.785. The quantitative estimate of drug-likeness (QED) is 0.466. The van der Waals surface area contributed by atoms with E-state index in [9.17, 15) is 0 Å². The van der Waals surface area contributed by atoms with Crippen molar-refractivity contribution in [2.75, 3.05) is 13.1 Å². The molecule has 0 aliphatic carbocycles. The molecule has 0 saturated carbocycles. The monoisotopic (exact) mass is 381 g/mol. The van der Waals surface area contributed by atoms with Crippen LogP contribution < -0.4 is 10.6 Å². The number of halogens is 2. The van der Waals surface area contributed by atoms with Crippen molar-refractivity contribution in [2.45, 2.75) is 26.8 Å². The molecule has 0 atom stereocenters. The minimum Gasteiger partial charge on any atom is -0.357 e. The van der Waals surface area contributed by atoms with Crippen molar-refractivity contribution in [3.8, 4) is 0 Å². The summed E-state index contributed by atoms with van der Waals surface area (Å²) in [6, 6.07) is 7.78. The van der Waals surface area contributed by atoms with E-state index in [1.807, 2.05) is 24.3 Å². The second kappa shape index (κ2) is 10.4. The molecule has 0 aliphatic heterocycles. The lowest BCUT2D eigenvalue weighted by Gasteiger charge is -2.10. The Morgan fingerprint density at radius 3 is 2.56 bits per heavy atom. The van der Waals surface area contributed by atoms with Gasteiger partial charge in [0.25, 0.3) is 0 Å². The molecule has 0 aliphatic rings. The van der Waals surface area contributed by atoms with Crippen molar-refractivity contribution in [2.24, 2.45) is 4.99 Å². The van der Waals surface area contributed by atoms with Gasteiger partial charge in [0, 0.05) is 18.1 Å². The van der Waals surface area contributed by atoms with E-state index in [0.717, 1.165) is 36.1 Å². The third-order valence-electron chi connectivity index (χ3n) is 2.25. The van der Waals surface area contributed by atoms with E-state index in [1.165, 1.54) is 0 Å². The minimum atomic E-state index is 0. The molecule has 5 heteroatoms. The summed E-state index contributed by atoms with van der Waals surface area (Å²) in [7, 11) is 0. The Labute approximate surface area is 131 Å². The number of aliphatic imine (C=N–C) groups is 1. The van der Waals surface area contributed by atoms with Crippen LogP contribution in [0.3, 0.4) is 0 Å². The molecule has 0 unspecified atom stereocenters. The zero-order valence-electron chi connectivity index (χ0n) is 10.9. The number of nitrogens with one attached hydrogen (secondary N) is 2. The summed E-state index contributed by atoms with van der Waals surface area (Å²) in [5.74, 6) is 0.842. The molecule has 102 valence electrons. The first-order valence-electron chi connectivity index (χ1n) is 6.03. The van der Waals surface area contributed by atoms with Crippen molar-refractivity contribution >= 4 is 41.5 Å². The number of hydrogen-bond acceptors (Lipinski definition) is 1. The second-order valence-corrected chi connectivity index (χ2v) is 4.12. The summed E-state index contributed by atoms with van der Waals surface area (Å²) in [5, 5.41) is 7.23. The van der Waals surface area contributed by atoms with E-state index in [-0.39, 0.29) is 24.0 Å². The van der Waals surface area contributed by atoms with Crippen LogP contribution in [0.15, 0.2) is 29.3 Å². The molecule has 0 radical (unpaired) electrons. The first kappa shape index (κ1) is 17.5. The van der Waals surface area contributed by atoms with E-state index in [4.69, 9.17) is 11.6 Å². The van der Waals surface area contributed by atoms with Crippen LogP contribution in [0.1, 0.15) is 25.8 Å². The standard InChI is InChI=1S/C13H20ClN3.HI/c1-3-9-16-13(15-4-2)17-10-11-7-5-6-8-12(11)14;/h5-8H,3-4,9-10H2,1-2H3,(H2,15,16,17);1H. The zero-order chi connectivity index (χ0) is 12.5. The first-order chi connectivity index (χ1) is 8.27. The van der Waals surface area contributed by atoms with Crippen LogP contribution in [-0.4, -0.2) is 19.0 Å². The number of benzene rings is 1. The van der Waals surface area contributed by atoms with E-state index >= 15 is 0 Å². The fraction of sp³-hybridized carbons (Fsp3) is 0.462. The Kier molecular flexibility index (Phi) is 10.2. The number of guanidine groups is 1. The largest absolute Gasteiger partial charge is 0.357 e. The van der Waals surface area contributed by atoms with Crippen molar-refractivity contribution in [3.63, 3.8) is 0 Å². The highest BCUT2D eigenvalue weighted by Gasteiger charge is 1.99. The maximum absolute atomic E-state index is 6.08. The topological polar surface area (TPSA) is 36.4 Å². The SMILES string of the molecule is CCCNC(=NCc1ccccc1Cl)NCC.I. The highest BCUT2D eigenvalue weighted by Crippen LogP contribution is 2.15. The minimum absolute atomic E-state index is 0. The molecule has 0 saturated heterocycles. The fourth-order valence-corrected chi connectivity index (χ4v) is 1.57. The van der Waals surface area contributed by atoms with Gasteiger partial charge in [-0.2, -0.15) is 0 Å². The Balaban J connectivity index is 0.00000289. The third kappa shape index (κ3) is 6.44. The summed E-state index contributed by atoms with van der Waals surface area (Å²) in [6.07, 6.45) is 1.08. The van der Waals surface area contributed by atoms with Crippen molar-refractivity contribution in [3.05, 3.63) is 34.9 Å². The lowest BCUT2D eigenvalue weighted by atomic mass is 10.2. The number of hydrogen-bond donors (Lipinski definition) is 2. The Bertz CT molecular complexity index is 369. The molecule has 1 aromatic carbocycles. The van der Waals surface area contributed by atoms with Gasteiger partial charge in [-0.25, -0.2) is 4.99 Å². The summed E-state index contributed by atoms with van der Waals surface area (Å²) >= 11 is 6.08. The van der Waals surface area contributed by atoms with Crippen molar-refractivity contribution < 1.29 is 0 Å². The van der Waals surface area contributed by atoms with E-state index in [2.05, 4.69) is 29.5 Å². The normalized spacial score (nSPS) is 10.7. The molecule has 1 rings (SSSR count). The van der Waals surface area contributed by atoms with Gasteiger partial charge < -0.3 is 10.6 Å². The highest BCUT2D eigenvalue weighted by molar-refractivity contribution is 14.0. The number of rotatable bonds is 5. The average Bonchev–Trinajstić information content (AvgIpc) is 2.34. The van der Waals surface area contributed by atoms with Crippen LogP contribution in [0.2, 0.25) is 5.02 Å².